The minimum atomic E-state index is -0.773. The number of carbonyl (C=O) groups is 1. The van der Waals surface area contributed by atoms with Crippen molar-refractivity contribution in [1.82, 2.24) is 0 Å². The lowest BCUT2D eigenvalue weighted by atomic mass is 9.81. The first-order chi connectivity index (χ1) is 16.1. The summed E-state index contributed by atoms with van der Waals surface area (Å²) in [6.07, 6.45) is 1.09. The molecule has 5 heteroatoms. The van der Waals surface area contributed by atoms with Gasteiger partial charge in [-0.1, -0.05) is 52.0 Å². The van der Waals surface area contributed by atoms with E-state index in [1.165, 1.54) is 6.07 Å². The van der Waals surface area contributed by atoms with Crippen LogP contribution in [0.2, 0.25) is 0 Å². The van der Waals surface area contributed by atoms with Crippen LogP contribution in [0.1, 0.15) is 50.8 Å². The molecule has 0 amide bonds. The molecule has 0 spiro atoms. The SMILES string of the molecule is CCC(Cc1ccc(OCc2ccc(C(C)(C)C)c(-c3cc(OC)ccc3F)c2)cc1)C(=O)O. The smallest absolute Gasteiger partial charge is 0.306 e. The third kappa shape index (κ3) is 6.16. The average Bonchev–Trinajstić information content (AvgIpc) is 2.81. The molecule has 34 heavy (non-hydrogen) atoms. The van der Waals surface area contributed by atoms with Gasteiger partial charge in [-0.05, 0) is 76.9 Å². The lowest BCUT2D eigenvalue weighted by Gasteiger charge is -2.24. The third-order valence-corrected chi connectivity index (χ3v) is 6.01. The van der Waals surface area contributed by atoms with Gasteiger partial charge in [0.25, 0.3) is 0 Å². The van der Waals surface area contributed by atoms with Crippen LogP contribution in [0.25, 0.3) is 11.1 Å². The second-order valence-corrected chi connectivity index (χ2v) is 9.56. The van der Waals surface area contributed by atoms with Crippen LogP contribution >= 0.6 is 0 Å². The van der Waals surface area contributed by atoms with E-state index in [-0.39, 0.29) is 17.2 Å². The van der Waals surface area contributed by atoms with Crippen molar-refractivity contribution in [2.45, 2.75) is 52.6 Å². The number of aliphatic carboxylic acids is 1. The van der Waals surface area contributed by atoms with Crippen LogP contribution < -0.4 is 9.47 Å². The van der Waals surface area contributed by atoms with Crippen LogP contribution in [0.5, 0.6) is 11.5 Å². The molecule has 0 aliphatic heterocycles. The number of hydrogen-bond acceptors (Lipinski definition) is 3. The largest absolute Gasteiger partial charge is 0.497 e. The molecule has 4 nitrogen and oxygen atoms in total. The van der Waals surface area contributed by atoms with Crippen LogP contribution in [-0.4, -0.2) is 18.2 Å². The normalized spacial score (nSPS) is 12.3. The fourth-order valence-electron chi connectivity index (χ4n) is 3.98. The van der Waals surface area contributed by atoms with Crippen molar-refractivity contribution in [1.29, 1.82) is 0 Å². The molecule has 180 valence electrons. The fourth-order valence-corrected chi connectivity index (χ4v) is 3.98. The van der Waals surface area contributed by atoms with Gasteiger partial charge in [-0.25, -0.2) is 4.39 Å². The van der Waals surface area contributed by atoms with E-state index in [0.717, 1.165) is 22.3 Å². The first-order valence-corrected chi connectivity index (χ1v) is 11.5. The van der Waals surface area contributed by atoms with Gasteiger partial charge in [-0.2, -0.15) is 0 Å². The van der Waals surface area contributed by atoms with E-state index in [0.29, 0.717) is 36.5 Å². The van der Waals surface area contributed by atoms with Gasteiger partial charge >= 0.3 is 5.97 Å². The van der Waals surface area contributed by atoms with Crippen LogP contribution in [-0.2, 0) is 23.2 Å². The van der Waals surface area contributed by atoms with Crippen molar-refractivity contribution in [2.24, 2.45) is 5.92 Å². The van der Waals surface area contributed by atoms with E-state index in [9.17, 15) is 14.3 Å². The quantitative estimate of drug-likeness (QED) is 0.369. The van der Waals surface area contributed by atoms with E-state index >= 15 is 0 Å². The Morgan fingerprint density at radius 2 is 1.59 bits per heavy atom. The van der Waals surface area contributed by atoms with Crippen molar-refractivity contribution in [3.63, 3.8) is 0 Å². The molecule has 0 saturated carbocycles. The molecule has 3 aromatic rings. The second kappa shape index (κ2) is 10.7. The number of carboxylic acids is 1. The summed E-state index contributed by atoms with van der Waals surface area (Å²) in [6, 6.07) is 18.3. The van der Waals surface area contributed by atoms with Crippen molar-refractivity contribution >= 4 is 5.97 Å². The number of halogens is 1. The summed E-state index contributed by atoms with van der Waals surface area (Å²) in [7, 11) is 1.57. The molecule has 3 aromatic carbocycles. The second-order valence-electron chi connectivity index (χ2n) is 9.56. The number of rotatable bonds is 9. The molecule has 0 aliphatic rings. The molecule has 0 radical (unpaired) electrons. The first-order valence-electron chi connectivity index (χ1n) is 11.5. The van der Waals surface area contributed by atoms with E-state index in [1.807, 2.05) is 49.4 Å². The van der Waals surface area contributed by atoms with Gasteiger partial charge < -0.3 is 14.6 Å². The number of carboxylic acid groups (broad SMARTS) is 1. The fraction of sp³-hybridized carbons (Fsp3) is 0.345. The minimum absolute atomic E-state index is 0.174. The van der Waals surface area contributed by atoms with E-state index < -0.39 is 5.97 Å². The van der Waals surface area contributed by atoms with Gasteiger partial charge in [0.15, 0.2) is 0 Å². The van der Waals surface area contributed by atoms with Crippen LogP contribution in [0.3, 0.4) is 0 Å². The summed E-state index contributed by atoms with van der Waals surface area (Å²) < 4.78 is 26.1. The summed E-state index contributed by atoms with van der Waals surface area (Å²) in [5, 5.41) is 9.27. The van der Waals surface area contributed by atoms with Crippen molar-refractivity contribution in [3.8, 4) is 22.6 Å². The van der Waals surface area contributed by atoms with Gasteiger partial charge in [0.1, 0.15) is 23.9 Å². The molecular weight excluding hydrogens is 431 g/mol. The lowest BCUT2D eigenvalue weighted by molar-refractivity contribution is -0.141. The Balaban J connectivity index is 1.82. The van der Waals surface area contributed by atoms with Crippen LogP contribution in [0.15, 0.2) is 60.7 Å². The van der Waals surface area contributed by atoms with Gasteiger partial charge in [-0.3, -0.25) is 4.79 Å². The Labute approximate surface area is 201 Å². The Bertz CT molecular complexity index is 1130. The van der Waals surface area contributed by atoms with E-state index in [1.54, 1.807) is 19.2 Å². The third-order valence-electron chi connectivity index (χ3n) is 6.01. The molecule has 0 fully saturated rings. The first kappa shape index (κ1) is 25.3. The van der Waals surface area contributed by atoms with E-state index in [4.69, 9.17) is 9.47 Å². The summed E-state index contributed by atoms with van der Waals surface area (Å²) in [5.41, 5.74) is 4.07. The number of hydrogen-bond donors (Lipinski definition) is 1. The Morgan fingerprint density at radius 1 is 0.941 bits per heavy atom. The molecular formula is C29H33FO4. The number of benzene rings is 3. The highest BCUT2D eigenvalue weighted by Gasteiger charge is 2.21. The van der Waals surface area contributed by atoms with E-state index in [2.05, 4.69) is 20.8 Å². The molecule has 0 aromatic heterocycles. The van der Waals surface area contributed by atoms with Crippen LogP contribution in [0, 0.1) is 11.7 Å². The maximum absolute atomic E-state index is 14.8. The molecule has 0 bridgehead atoms. The zero-order valence-electron chi connectivity index (χ0n) is 20.5. The van der Waals surface area contributed by atoms with Gasteiger partial charge in [0, 0.05) is 5.56 Å². The van der Waals surface area contributed by atoms with Crippen LogP contribution in [0.4, 0.5) is 4.39 Å². The number of methoxy groups -OCH3 is 1. The average molecular weight is 465 g/mol. The molecule has 3 rings (SSSR count). The molecule has 0 aliphatic carbocycles. The zero-order chi connectivity index (χ0) is 24.9. The highest BCUT2D eigenvalue weighted by atomic mass is 19.1. The molecule has 1 atom stereocenters. The molecule has 0 saturated heterocycles. The zero-order valence-corrected chi connectivity index (χ0v) is 20.5. The predicted octanol–water partition coefficient (Wildman–Crippen LogP) is 7.03. The summed E-state index contributed by atoms with van der Waals surface area (Å²) >= 11 is 0. The number of ether oxygens (including phenoxy) is 2. The standard InChI is InChI=1S/C29H33FO4/c1-6-21(28(31)32)15-19-7-10-22(11-8-19)34-18-20-9-13-26(29(2,3)4)24(16-20)25-17-23(33-5)12-14-27(25)30/h7-14,16-17,21H,6,15,18H2,1-5H3,(H,31,32). The Hall–Kier alpha value is -3.34. The summed E-state index contributed by atoms with van der Waals surface area (Å²) in [6.45, 7) is 8.53. The maximum atomic E-state index is 14.8. The lowest BCUT2D eigenvalue weighted by Crippen LogP contribution is -2.15. The van der Waals surface area contributed by atoms with Gasteiger partial charge in [-0.15, -0.1) is 0 Å². The minimum Gasteiger partial charge on any atom is -0.497 e. The molecule has 0 heterocycles. The van der Waals surface area contributed by atoms with Crippen molar-refractivity contribution in [3.05, 3.63) is 83.2 Å². The van der Waals surface area contributed by atoms with Gasteiger partial charge in [0.2, 0.25) is 0 Å². The monoisotopic (exact) mass is 464 g/mol. The topological polar surface area (TPSA) is 55.8 Å². The molecule has 1 N–H and O–H groups in total. The highest BCUT2D eigenvalue weighted by molar-refractivity contribution is 5.71. The highest BCUT2D eigenvalue weighted by Crippen LogP contribution is 2.36. The van der Waals surface area contributed by atoms with Crippen molar-refractivity contribution < 1.29 is 23.8 Å². The Kier molecular flexibility index (Phi) is 7.98. The summed E-state index contributed by atoms with van der Waals surface area (Å²) in [4.78, 5) is 11.3. The van der Waals surface area contributed by atoms with Gasteiger partial charge in [0.05, 0.1) is 13.0 Å². The maximum Gasteiger partial charge on any atom is 0.306 e. The van der Waals surface area contributed by atoms with Crippen molar-refractivity contribution in [2.75, 3.05) is 7.11 Å². The molecule has 1 unspecified atom stereocenters. The summed E-state index contributed by atoms with van der Waals surface area (Å²) in [5.74, 6) is -0.160. The predicted molar refractivity (Wildman–Crippen MR) is 133 cm³/mol. The Morgan fingerprint density at radius 3 is 2.18 bits per heavy atom.